The zero-order valence-corrected chi connectivity index (χ0v) is 10.8. The maximum absolute atomic E-state index is 12.0. The molecule has 106 valence electrons. The van der Waals surface area contributed by atoms with Crippen molar-refractivity contribution in [2.45, 2.75) is 24.6 Å². The summed E-state index contributed by atoms with van der Waals surface area (Å²) >= 11 is 0. The Hall–Kier alpha value is -1.07. The summed E-state index contributed by atoms with van der Waals surface area (Å²) in [7, 11) is 1.77. The lowest BCUT2D eigenvalue weighted by Gasteiger charge is -2.17. The van der Waals surface area contributed by atoms with Crippen LogP contribution in [0.2, 0.25) is 0 Å². The molecule has 0 aliphatic heterocycles. The highest BCUT2D eigenvalue weighted by Gasteiger charge is 2.43. The van der Waals surface area contributed by atoms with Crippen LogP contribution in [0.15, 0.2) is 30.3 Å². The zero-order chi connectivity index (χ0) is 13.9. The van der Waals surface area contributed by atoms with E-state index in [1.165, 1.54) is 5.56 Å². The van der Waals surface area contributed by atoms with Crippen LogP contribution in [0.5, 0.6) is 0 Å². The van der Waals surface area contributed by atoms with Gasteiger partial charge in [0.05, 0.1) is 6.61 Å². The fourth-order valence-corrected chi connectivity index (χ4v) is 2.47. The highest BCUT2D eigenvalue weighted by Crippen LogP contribution is 2.49. The van der Waals surface area contributed by atoms with Crippen molar-refractivity contribution in [1.29, 1.82) is 0 Å². The second-order valence-corrected chi connectivity index (χ2v) is 4.94. The second-order valence-electron chi connectivity index (χ2n) is 4.94. The quantitative estimate of drug-likeness (QED) is 0.860. The molecule has 3 unspecified atom stereocenters. The van der Waals surface area contributed by atoms with E-state index in [-0.39, 0.29) is 12.6 Å². The van der Waals surface area contributed by atoms with Crippen LogP contribution in [0.25, 0.3) is 0 Å². The van der Waals surface area contributed by atoms with Gasteiger partial charge in [-0.2, -0.15) is 13.2 Å². The second kappa shape index (κ2) is 5.92. The zero-order valence-electron chi connectivity index (χ0n) is 10.8. The number of nitrogens with one attached hydrogen (secondary N) is 1. The van der Waals surface area contributed by atoms with Crippen molar-refractivity contribution >= 4 is 0 Å². The van der Waals surface area contributed by atoms with E-state index in [9.17, 15) is 13.2 Å². The molecule has 3 atom stereocenters. The summed E-state index contributed by atoms with van der Waals surface area (Å²) in [5, 5.41) is 3.06. The summed E-state index contributed by atoms with van der Waals surface area (Å²) in [6.07, 6.45) is -3.24. The molecule has 1 saturated carbocycles. The van der Waals surface area contributed by atoms with Gasteiger partial charge in [-0.1, -0.05) is 30.3 Å². The van der Waals surface area contributed by atoms with Gasteiger partial charge < -0.3 is 10.1 Å². The SMILES string of the molecule is CNC(COCC(F)(F)F)C1CC1c1ccccc1. The Morgan fingerprint density at radius 3 is 2.58 bits per heavy atom. The number of alkyl halides is 3. The smallest absolute Gasteiger partial charge is 0.370 e. The number of rotatable bonds is 6. The molecule has 5 heteroatoms. The number of hydrogen-bond acceptors (Lipinski definition) is 2. The van der Waals surface area contributed by atoms with Gasteiger partial charge in [0.15, 0.2) is 0 Å². The van der Waals surface area contributed by atoms with Gasteiger partial charge in [0.25, 0.3) is 0 Å². The fraction of sp³-hybridized carbons (Fsp3) is 0.571. The molecule has 1 fully saturated rings. The van der Waals surface area contributed by atoms with Crippen LogP contribution in [0, 0.1) is 5.92 Å². The average Bonchev–Trinajstić information content (AvgIpc) is 3.15. The standard InChI is InChI=1S/C14H18F3NO/c1-18-13(8-19-9-14(15,16)17)12-7-11(12)10-5-3-2-4-6-10/h2-6,11-13,18H,7-9H2,1H3. The first-order chi connectivity index (χ1) is 9.01. The predicted octanol–water partition coefficient (Wildman–Crippen LogP) is 2.96. The Balaban J connectivity index is 1.81. The number of benzene rings is 1. The van der Waals surface area contributed by atoms with E-state index < -0.39 is 12.8 Å². The molecule has 2 rings (SSSR count). The van der Waals surface area contributed by atoms with Crippen LogP contribution in [0.4, 0.5) is 13.2 Å². The average molecular weight is 273 g/mol. The minimum Gasteiger partial charge on any atom is -0.370 e. The first-order valence-electron chi connectivity index (χ1n) is 6.38. The maximum Gasteiger partial charge on any atom is 0.411 e. The maximum atomic E-state index is 12.0. The fourth-order valence-electron chi connectivity index (χ4n) is 2.47. The normalized spacial score (nSPS) is 24.2. The Bertz CT molecular complexity index is 393. The van der Waals surface area contributed by atoms with Gasteiger partial charge in [0.2, 0.25) is 0 Å². The molecule has 0 saturated heterocycles. The molecule has 0 spiro atoms. The third kappa shape index (κ3) is 4.21. The lowest BCUT2D eigenvalue weighted by Crippen LogP contribution is -2.34. The van der Waals surface area contributed by atoms with E-state index in [1.807, 2.05) is 18.2 Å². The van der Waals surface area contributed by atoms with Crippen molar-refractivity contribution in [2.24, 2.45) is 5.92 Å². The number of ether oxygens (including phenoxy) is 1. The monoisotopic (exact) mass is 273 g/mol. The van der Waals surface area contributed by atoms with Gasteiger partial charge in [0.1, 0.15) is 6.61 Å². The highest BCUT2D eigenvalue weighted by molar-refractivity contribution is 5.26. The summed E-state index contributed by atoms with van der Waals surface area (Å²) in [6, 6.07) is 10.0. The van der Waals surface area contributed by atoms with Crippen LogP contribution < -0.4 is 5.32 Å². The molecule has 1 aromatic carbocycles. The van der Waals surface area contributed by atoms with Gasteiger partial charge in [-0.25, -0.2) is 0 Å². The molecular formula is C14H18F3NO. The summed E-state index contributed by atoms with van der Waals surface area (Å²) in [6.45, 7) is -1.07. The van der Waals surface area contributed by atoms with Gasteiger partial charge in [-0.05, 0) is 30.9 Å². The van der Waals surface area contributed by atoms with E-state index in [2.05, 4.69) is 17.4 Å². The van der Waals surface area contributed by atoms with Crippen molar-refractivity contribution in [1.82, 2.24) is 5.32 Å². The van der Waals surface area contributed by atoms with Crippen LogP contribution in [-0.4, -0.2) is 32.5 Å². The van der Waals surface area contributed by atoms with E-state index in [0.29, 0.717) is 11.8 Å². The van der Waals surface area contributed by atoms with Crippen LogP contribution in [0.1, 0.15) is 17.9 Å². The Kier molecular flexibility index (Phi) is 4.47. The Morgan fingerprint density at radius 2 is 2.00 bits per heavy atom. The third-order valence-electron chi connectivity index (χ3n) is 3.52. The van der Waals surface area contributed by atoms with E-state index in [1.54, 1.807) is 7.05 Å². The third-order valence-corrected chi connectivity index (χ3v) is 3.52. The molecule has 0 radical (unpaired) electrons. The van der Waals surface area contributed by atoms with Crippen molar-refractivity contribution < 1.29 is 17.9 Å². The van der Waals surface area contributed by atoms with Crippen molar-refractivity contribution in [2.75, 3.05) is 20.3 Å². The van der Waals surface area contributed by atoms with Gasteiger partial charge >= 0.3 is 6.18 Å². The van der Waals surface area contributed by atoms with Crippen molar-refractivity contribution in [3.8, 4) is 0 Å². The van der Waals surface area contributed by atoms with E-state index in [0.717, 1.165) is 6.42 Å². The predicted molar refractivity (Wildman–Crippen MR) is 67.0 cm³/mol. The molecule has 1 aliphatic carbocycles. The minimum atomic E-state index is -4.25. The number of halogens is 3. The first kappa shape index (κ1) is 14.3. The van der Waals surface area contributed by atoms with Crippen LogP contribution >= 0.6 is 0 Å². The molecule has 0 amide bonds. The topological polar surface area (TPSA) is 21.3 Å². The molecule has 19 heavy (non-hydrogen) atoms. The molecule has 0 aromatic heterocycles. The van der Waals surface area contributed by atoms with Crippen LogP contribution in [0.3, 0.4) is 0 Å². The van der Waals surface area contributed by atoms with Gasteiger partial charge in [-0.3, -0.25) is 0 Å². The number of hydrogen-bond donors (Lipinski definition) is 1. The van der Waals surface area contributed by atoms with Crippen LogP contribution in [-0.2, 0) is 4.74 Å². The molecule has 1 aliphatic rings. The van der Waals surface area contributed by atoms with Gasteiger partial charge in [0, 0.05) is 6.04 Å². The molecular weight excluding hydrogens is 255 g/mol. The van der Waals surface area contributed by atoms with Crippen molar-refractivity contribution in [3.63, 3.8) is 0 Å². The minimum absolute atomic E-state index is 0.0208. The summed E-state index contributed by atoms with van der Waals surface area (Å²) in [5.74, 6) is 0.800. The largest absolute Gasteiger partial charge is 0.411 e. The van der Waals surface area contributed by atoms with Gasteiger partial charge in [-0.15, -0.1) is 0 Å². The summed E-state index contributed by atoms with van der Waals surface area (Å²) in [4.78, 5) is 0. The molecule has 0 heterocycles. The van der Waals surface area contributed by atoms with E-state index in [4.69, 9.17) is 4.74 Å². The Labute approximate surface area is 111 Å². The summed E-state index contributed by atoms with van der Waals surface area (Å²) in [5.41, 5.74) is 1.25. The molecule has 1 N–H and O–H groups in total. The summed E-state index contributed by atoms with van der Waals surface area (Å²) < 4.78 is 40.8. The Morgan fingerprint density at radius 1 is 1.32 bits per heavy atom. The first-order valence-corrected chi connectivity index (χ1v) is 6.38. The van der Waals surface area contributed by atoms with Crippen molar-refractivity contribution in [3.05, 3.63) is 35.9 Å². The highest BCUT2D eigenvalue weighted by atomic mass is 19.4. The molecule has 2 nitrogen and oxygen atoms in total. The lowest BCUT2D eigenvalue weighted by atomic mass is 10.1. The molecule has 0 bridgehead atoms. The molecule has 1 aromatic rings. The lowest BCUT2D eigenvalue weighted by molar-refractivity contribution is -0.175. The van der Waals surface area contributed by atoms with E-state index >= 15 is 0 Å². The number of likely N-dealkylation sites (N-methyl/N-ethyl adjacent to an activating group) is 1.